The molecule has 2 aromatic rings. The summed E-state index contributed by atoms with van der Waals surface area (Å²) in [5.41, 5.74) is 0.865. The smallest absolute Gasteiger partial charge is 0.255 e. The van der Waals surface area contributed by atoms with E-state index in [2.05, 4.69) is 11.2 Å². The molecule has 16 heavy (non-hydrogen) atoms. The molecule has 0 fully saturated rings. The van der Waals surface area contributed by atoms with E-state index in [9.17, 15) is 13.2 Å². The quantitative estimate of drug-likeness (QED) is 0.718. The molecule has 0 aliphatic rings. The van der Waals surface area contributed by atoms with Gasteiger partial charge in [0.15, 0.2) is 0 Å². The Kier molecular flexibility index (Phi) is 2.64. The maximum atomic E-state index is 12.3. The fourth-order valence-electron chi connectivity index (χ4n) is 1.35. The number of hydrogen-bond donors (Lipinski definition) is 0. The number of rotatable bonds is 1. The molecule has 1 aromatic heterocycles. The summed E-state index contributed by atoms with van der Waals surface area (Å²) in [6.45, 7) is 0. The average Bonchev–Trinajstić information content (AvgIpc) is 2.29. The maximum Gasteiger partial charge on any atom is 0.416 e. The number of pyridine rings is 1. The zero-order valence-corrected chi connectivity index (χ0v) is 8.12. The molecule has 1 nitrogen and oxygen atoms in total. The lowest BCUT2D eigenvalue weighted by atomic mass is 10.1. The van der Waals surface area contributed by atoms with Crippen molar-refractivity contribution in [2.24, 2.45) is 0 Å². The predicted molar refractivity (Wildman–Crippen MR) is 53.5 cm³/mol. The van der Waals surface area contributed by atoms with Crippen LogP contribution in [0.15, 0.2) is 42.6 Å². The van der Waals surface area contributed by atoms with Crippen LogP contribution in [0.2, 0.25) is 0 Å². The lowest BCUT2D eigenvalue weighted by Gasteiger charge is -2.07. The Balaban J connectivity index is 2.34. The van der Waals surface area contributed by atoms with Crippen LogP contribution in [0.3, 0.4) is 0 Å². The van der Waals surface area contributed by atoms with Crippen molar-refractivity contribution in [3.63, 3.8) is 0 Å². The molecular weight excluding hydrogens is 215 g/mol. The Morgan fingerprint density at radius 2 is 1.62 bits per heavy atom. The van der Waals surface area contributed by atoms with E-state index in [-0.39, 0.29) is 0 Å². The molecule has 0 unspecified atom stereocenters. The molecule has 81 valence electrons. The van der Waals surface area contributed by atoms with Gasteiger partial charge in [0.2, 0.25) is 0 Å². The average molecular weight is 222 g/mol. The third-order valence-electron chi connectivity index (χ3n) is 2.17. The van der Waals surface area contributed by atoms with Gasteiger partial charge >= 0.3 is 6.18 Å². The number of hydrogen-bond acceptors (Lipinski definition) is 1. The molecule has 1 aromatic carbocycles. The normalized spacial score (nSPS) is 11.4. The Hall–Kier alpha value is -1.84. The van der Waals surface area contributed by atoms with Crippen molar-refractivity contribution in [2.45, 2.75) is 6.18 Å². The summed E-state index contributed by atoms with van der Waals surface area (Å²) in [6.07, 6.45) is -0.108. The molecule has 0 bridgehead atoms. The number of benzene rings is 1. The summed E-state index contributed by atoms with van der Waals surface area (Å²) in [7, 11) is 0. The fraction of sp³-hybridized carbons (Fsp3) is 0.0833. The van der Waals surface area contributed by atoms with Gasteiger partial charge in [0, 0.05) is 6.20 Å². The highest BCUT2D eigenvalue weighted by Gasteiger charge is 2.29. The van der Waals surface area contributed by atoms with Crippen LogP contribution in [0.25, 0.3) is 11.1 Å². The minimum Gasteiger partial charge on any atom is -0.255 e. The predicted octanol–water partition coefficient (Wildman–Crippen LogP) is 3.57. The third-order valence-corrected chi connectivity index (χ3v) is 2.17. The monoisotopic (exact) mass is 222 g/mol. The molecule has 0 saturated heterocycles. The zero-order valence-electron chi connectivity index (χ0n) is 8.12. The van der Waals surface area contributed by atoms with Gasteiger partial charge in [-0.15, -0.1) is 0 Å². The summed E-state index contributed by atoms with van der Waals surface area (Å²) in [5, 5.41) is 0. The van der Waals surface area contributed by atoms with E-state index in [0.29, 0.717) is 5.56 Å². The molecule has 0 spiro atoms. The molecule has 1 radical (unpaired) electrons. The molecule has 0 amide bonds. The SMILES string of the molecule is FC(F)(F)c1ccc(-c2c[c]ncc2)cc1. The second kappa shape index (κ2) is 3.96. The second-order valence-corrected chi connectivity index (χ2v) is 3.25. The van der Waals surface area contributed by atoms with Crippen molar-refractivity contribution in [3.8, 4) is 11.1 Å². The molecule has 0 saturated carbocycles. The van der Waals surface area contributed by atoms with Gasteiger partial charge in [0.25, 0.3) is 0 Å². The van der Waals surface area contributed by atoms with Gasteiger partial charge < -0.3 is 0 Å². The van der Waals surface area contributed by atoms with E-state index in [1.54, 1.807) is 18.3 Å². The lowest BCUT2D eigenvalue weighted by molar-refractivity contribution is -0.137. The minimum atomic E-state index is -4.29. The van der Waals surface area contributed by atoms with E-state index in [4.69, 9.17) is 0 Å². The maximum absolute atomic E-state index is 12.3. The van der Waals surface area contributed by atoms with Crippen molar-refractivity contribution in [1.29, 1.82) is 0 Å². The fourth-order valence-corrected chi connectivity index (χ4v) is 1.35. The summed E-state index contributed by atoms with van der Waals surface area (Å²) < 4.78 is 36.9. The Bertz CT molecular complexity index is 460. The summed E-state index contributed by atoms with van der Waals surface area (Å²) in [6, 6.07) is 8.35. The van der Waals surface area contributed by atoms with Gasteiger partial charge in [-0.2, -0.15) is 13.2 Å². The first-order valence-electron chi connectivity index (χ1n) is 4.57. The van der Waals surface area contributed by atoms with E-state index in [1.807, 2.05) is 0 Å². The molecule has 2 rings (SSSR count). The van der Waals surface area contributed by atoms with E-state index < -0.39 is 11.7 Å². The minimum absolute atomic E-state index is 0.644. The van der Waals surface area contributed by atoms with Gasteiger partial charge in [0.1, 0.15) is 0 Å². The number of alkyl halides is 3. The first-order valence-corrected chi connectivity index (χ1v) is 4.57. The highest BCUT2D eigenvalue weighted by Crippen LogP contribution is 2.30. The van der Waals surface area contributed by atoms with E-state index in [1.165, 1.54) is 12.1 Å². The van der Waals surface area contributed by atoms with Crippen LogP contribution in [0.4, 0.5) is 13.2 Å². The molecule has 0 aliphatic carbocycles. The molecular formula is C12H7F3N. The van der Waals surface area contributed by atoms with Crippen LogP contribution in [-0.4, -0.2) is 4.98 Å². The summed E-state index contributed by atoms with van der Waals surface area (Å²) in [4.78, 5) is 3.72. The first kappa shape index (κ1) is 10.7. The molecule has 1 heterocycles. The first-order chi connectivity index (χ1) is 7.57. The van der Waals surface area contributed by atoms with Gasteiger partial charge in [0.05, 0.1) is 11.8 Å². The van der Waals surface area contributed by atoms with Crippen molar-refractivity contribution in [3.05, 3.63) is 54.4 Å². The number of halogens is 3. The Morgan fingerprint density at radius 3 is 2.12 bits per heavy atom. The van der Waals surface area contributed by atoms with Crippen LogP contribution in [-0.2, 0) is 6.18 Å². The second-order valence-electron chi connectivity index (χ2n) is 3.25. The highest BCUT2D eigenvalue weighted by molar-refractivity contribution is 5.62. The summed E-state index contributed by atoms with van der Waals surface area (Å²) >= 11 is 0. The standard InChI is InChI=1S/C12H7F3N/c13-12(14,15)11-3-1-9(2-4-11)10-5-7-16-8-6-10/h1-7H. The molecule has 4 heteroatoms. The largest absolute Gasteiger partial charge is 0.416 e. The molecule has 0 atom stereocenters. The van der Waals surface area contributed by atoms with Crippen LogP contribution >= 0.6 is 0 Å². The summed E-state index contributed by atoms with van der Waals surface area (Å²) in [5.74, 6) is 0. The topological polar surface area (TPSA) is 12.9 Å². The van der Waals surface area contributed by atoms with Gasteiger partial charge in [-0.3, -0.25) is 4.98 Å². The van der Waals surface area contributed by atoms with Crippen LogP contribution in [0, 0.1) is 6.20 Å². The lowest BCUT2D eigenvalue weighted by Crippen LogP contribution is -2.03. The van der Waals surface area contributed by atoms with Crippen molar-refractivity contribution >= 4 is 0 Å². The van der Waals surface area contributed by atoms with Gasteiger partial charge in [-0.05, 0) is 35.4 Å². The van der Waals surface area contributed by atoms with Crippen molar-refractivity contribution < 1.29 is 13.2 Å². The van der Waals surface area contributed by atoms with Gasteiger partial charge in [-0.25, -0.2) is 0 Å². The van der Waals surface area contributed by atoms with Crippen molar-refractivity contribution in [2.75, 3.05) is 0 Å². The van der Waals surface area contributed by atoms with Gasteiger partial charge in [-0.1, -0.05) is 12.1 Å². The Morgan fingerprint density at radius 1 is 0.938 bits per heavy atom. The zero-order chi connectivity index (χ0) is 11.6. The highest BCUT2D eigenvalue weighted by atomic mass is 19.4. The molecule has 0 aliphatic heterocycles. The number of nitrogens with zero attached hydrogens (tertiary/aromatic N) is 1. The van der Waals surface area contributed by atoms with Crippen LogP contribution in [0.5, 0.6) is 0 Å². The van der Waals surface area contributed by atoms with E-state index in [0.717, 1.165) is 17.7 Å². The van der Waals surface area contributed by atoms with Crippen molar-refractivity contribution in [1.82, 2.24) is 4.98 Å². The van der Waals surface area contributed by atoms with E-state index >= 15 is 0 Å². The Labute approximate surface area is 90.6 Å². The number of aromatic nitrogens is 1. The van der Waals surface area contributed by atoms with Crippen LogP contribution in [0.1, 0.15) is 5.56 Å². The third kappa shape index (κ3) is 2.21. The molecule has 0 N–H and O–H groups in total. The van der Waals surface area contributed by atoms with Crippen LogP contribution < -0.4 is 0 Å².